The summed E-state index contributed by atoms with van der Waals surface area (Å²) in [5.74, 6) is 0.914. The quantitative estimate of drug-likeness (QED) is 0.718. The molecule has 0 aromatic heterocycles. The molecule has 1 N–H and O–H groups in total. The Kier molecular flexibility index (Phi) is 4.75. The first-order valence-electron chi connectivity index (χ1n) is 5.39. The van der Waals surface area contributed by atoms with Crippen molar-refractivity contribution >= 4 is 5.69 Å². The van der Waals surface area contributed by atoms with Crippen LogP contribution in [0.5, 0.6) is 5.75 Å². The Labute approximate surface area is 92.0 Å². The van der Waals surface area contributed by atoms with Gasteiger partial charge in [-0.05, 0) is 37.6 Å². The van der Waals surface area contributed by atoms with Crippen molar-refractivity contribution in [3.63, 3.8) is 0 Å². The Bertz CT molecular complexity index is 303. The SMILES string of the molecule is C=C(CC)CNc1ccc(OCC)cc1. The van der Waals surface area contributed by atoms with Crippen LogP contribution in [0.15, 0.2) is 36.4 Å². The van der Waals surface area contributed by atoms with Crippen molar-refractivity contribution in [3.05, 3.63) is 36.4 Å². The number of hydrogen-bond acceptors (Lipinski definition) is 2. The molecule has 0 aliphatic heterocycles. The maximum atomic E-state index is 5.36. The van der Waals surface area contributed by atoms with Crippen molar-refractivity contribution in [2.45, 2.75) is 20.3 Å². The minimum absolute atomic E-state index is 0.708. The fourth-order valence-corrected chi connectivity index (χ4v) is 1.19. The highest BCUT2D eigenvalue weighted by molar-refractivity contribution is 5.47. The van der Waals surface area contributed by atoms with Crippen LogP contribution < -0.4 is 10.1 Å². The second-order valence-electron chi connectivity index (χ2n) is 3.41. The molecule has 0 saturated carbocycles. The molecule has 0 unspecified atom stereocenters. The zero-order valence-electron chi connectivity index (χ0n) is 9.55. The summed E-state index contributed by atoms with van der Waals surface area (Å²) in [5, 5.41) is 3.31. The van der Waals surface area contributed by atoms with Gasteiger partial charge < -0.3 is 10.1 Å². The van der Waals surface area contributed by atoms with Gasteiger partial charge in [0.1, 0.15) is 5.75 Å². The lowest BCUT2D eigenvalue weighted by Gasteiger charge is -2.08. The average Bonchev–Trinajstić information content (AvgIpc) is 2.28. The van der Waals surface area contributed by atoms with Crippen molar-refractivity contribution in [2.24, 2.45) is 0 Å². The fraction of sp³-hybridized carbons (Fsp3) is 0.385. The van der Waals surface area contributed by atoms with E-state index in [1.165, 1.54) is 5.57 Å². The van der Waals surface area contributed by atoms with Gasteiger partial charge in [0, 0.05) is 12.2 Å². The minimum Gasteiger partial charge on any atom is -0.494 e. The first-order chi connectivity index (χ1) is 7.26. The molecule has 1 rings (SSSR count). The smallest absolute Gasteiger partial charge is 0.119 e. The van der Waals surface area contributed by atoms with E-state index in [-0.39, 0.29) is 0 Å². The van der Waals surface area contributed by atoms with E-state index in [1.54, 1.807) is 0 Å². The molecule has 1 aromatic rings. The van der Waals surface area contributed by atoms with E-state index in [1.807, 2.05) is 31.2 Å². The number of rotatable bonds is 6. The topological polar surface area (TPSA) is 21.3 Å². The van der Waals surface area contributed by atoms with Crippen LogP contribution >= 0.6 is 0 Å². The summed E-state index contributed by atoms with van der Waals surface area (Å²) < 4.78 is 5.36. The molecule has 2 heteroatoms. The van der Waals surface area contributed by atoms with Crippen LogP contribution in [0.2, 0.25) is 0 Å². The lowest BCUT2D eigenvalue weighted by Crippen LogP contribution is -2.03. The lowest BCUT2D eigenvalue weighted by atomic mass is 10.2. The lowest BCUT2D eigenvalue weighted by molar-refractivity contribution is 0.340. The zero-order valence-corrected chi connectivity index (χ0v) is 9.55. The Morgan fingerprint density at radius 2 is 1.93 bits per heavy atom. The van der Waals surface area contributed by atoms with Crippen molar-refractivity contribution in [1.29, 1.82) is 0 Å². The maximum absolute atomic E-state index is 5.36. The van der Waals surface area contributed by atoms with Gasteiger partial charge in [-0.25, -0.2) is 0 Å². The van der Waals surface area contributed by atoms with Crippen LogP contribution in [-0.4, -0.2) is 13.2 Å². The molecule has 0 amide bonds. The van der Waals surface area contributed by atoms with Gasteiger partial charge in [0.2, 0.25) is 0 Å². The molecule has 15 heavy (non-hydrogen) atoms. The summed E-state index contributed by atoms with van der Waals surface area (Å²) in [7, 11) is 0. The van der Waals surface area contributed by atoms with Crippen LogP contribution in [0.1, 0.15) is 20.3 Å². The Morgan fingerprint density at radius 3 is 2.47 bits per heavy atom. The largest absolute Gasteiger partial charge is 0.494 e. The third-order valence-corrected chi connectivity index (χ3v) is 2.21. The average molecular weight is 205 g/mol. The summed E-state index contributed by atoms with van der Waals surface area (Å²) >= 11 is 0. The molecule has 0 bridgehead atoms. The van der Waals surface area contributed by atoms with Gasteiger partial charge in [-0.1, -0.05) is 19.1 Å². The molecule has 0 atom stereocenters. The van der Waals surface area contributed by atoms with Gasteiger partial charge in [0.05, 0.1) is 6.61 Å². The maximum Gasteiger partial charge on any atom is 0.119 e. The van der Waals surface area contributed by atoms with Crippen molar-refractivity contribution in [1.82, 2.24) is 0 Å². The van der Waals surface area contributed by atoms with Crippen molar-refractivity contribution in [2.75, 3.05) is 18.5 Å². The van der Waals surface area contributed by atoms with Crippen molar-refractivity contribution < 1.29 is 4.74 Å². The third kappa shape index (κ3) is 4.07. The van der Waals surface area contributed by atoms with E-state index >= 15 is 0 Å². The third-order valence-electron chi connectivity index (χ3n) is 2.21. The van der Waals surface area contributed by atoms with Crippen LogP contribution in [0.25, 0.3) is 0 Å². The summed E-state index contributed by atoms with van der Waals surface area (Å²) in [4.78, 5) is 0. The highest BCUT2D eigenvalue weighted by atomic mass is 16.5. The first-order valence-corrected chi connectivity index (χ1v) is 5.39. The molecule has 2 nitrogen and oxygen atoms in total. The van der Waals surface area contributed by atoms with E-state index in [0.29, 0.717) is 6.61 Å². The predicted molar refractivity (Wildman–Crippen MR) is 65.5 cm³/mol. The predicted octanol–water partition coefficient (Wildman–Crippen LogP) is 3.46. The molecule has 0 aliphatic carbocycles. The van der Waals surface area contributed by atoms with E-state index in [2.05, 4.69) is 18.8 Å². The zero-order chi connectivity index (χ0) is 11.1. The van der Waals surface area contributed by atoms with E-state index in [4.69, 9.17) is 4.74 Å². The molecule has 0 heterocycles. The van der Waals surface area contributed by atoms with E-state index in [9.17, 15) is 0 Å². The van der Waals surface area contributed by atoms with Gasteiger partial charge in [-0.15, -0.1) is 0 Å². The van der Waals surface area contributed by atoms with Gasteiger partial charge in [0.15, 0.2) is 0 Å². The molecule has 82 valence electrons. The molecule has 0 saturated heterocycles. The molecule has 1 aromatic carbocycles. The number of benzene rings is 1. The molecular weight excluding hydrogens is 186 g/mol. The number of ether oxygens (including phenoxy) is 1. The highest BCUT2D eigenvalue weighted by Crippen LogP contribution is 2.15. The fourth-order valence-electron chi connectivity index (χ4n) is 1.19. The molecule has 0 aliphatic rings. The first kappa shape index (κ1) is 11.6. The van der Waals surface area contributed by atoms with Gasteiger partial charge in [-0.2, -0.15) is 0 Å². The molecule has 0 fully saturated rings. The second kappa shape index (κ2) is 6.12. The summed E-state index contributed by atoms with van der Waals surface area (Å²) in [6, 6.07) is 7.99. The van der Waals surface area contributed by atoms with Crippen LogP contribution in [0.3, 0.4) is 0 Å². The van der Waals surface area contributed by atoms with E-state index in [0.717, 1.165) is 24.4 Å². The molecule has 0 radical (unpaired) electrons. The van der Waals surface area contributed by atoms with Crippen LogP contribution in [0, 0.1) is 0 Å². The number of nitrogens with one attached hydrogen (secondary N) is 1. The Morgan fingerprint density at radius 1 is 1.27 bits per heavy atom. The number of hydrogen-bond donors (Lipinski definition) is 1. The minimum atomic E-state index is 0.708. The van der Waals surface area contributed by atoms with Gasteiger partial charge in [-0.3, -0.25) is 0 Å². The van der Waals surface area contributed by atoms with Crippen LogP contribution in [0.4, 0.5) is 5.69 Å². The standard InChI is InChI=1S/C13H19NO/c1-4-11(3)10-14-12-6-8-13(9-7-12)15-5-2/h6-9,14H,3-5,10H2,1-2H3. The monoisotopic (exact) mass is 205 g/mol. The Hall–Kier alpha value is -1.44. The Balaban J connectivity index is 2.45. The van der Waals surface area contributed by atoms with Gasteiger partial charge >= 0.3 is 0 Å². The summed E-state index contributed by atoms with van der Waals surface area (Å²) in [6.07, 6.45) is 1.02. The normalized spacial score (nSPS) is 9.73. The molecule has 0 spiro atoms. The van der Waals surface area contributed by atoms with E-state index < -0.39 is 0 Å². The summed E-state index contributed by atoms with van der Waals surface area (Å²) in [6.45, 7) is 9.59. The highest BCUT2D eigenvalue weighted by Gasteiger charge is 1.94. The molecular formula is C13H19NO. The van der Waals surface area contributed by atoms with Gasteiger partial charge in [0.25, 0.3) is 0 Å². The second-order valence-corrected chi connectivity index (χ2v) is 3.41. The summed E-state index contributed by atoms with van der Waals surface area (Å²) in [5.41, 5.74) is 2.32. The number of anilines is 1. The van der Waals surface area contributed by atoms with Crippen LogP contribution in [-0.2, 0) is 0 Å². The van der Waals surface area contributed by atoms with Crippen molar-refractivity contribution in [3.8, 4) is 5.75 Å².